The van der Waals surface area contributed by atoms with E-state index in [4.69, 9.17) is 10.8 Å². The second-order valence-electron chi connectivity index (χ2n) is 9.01. The van der Waals surface area contributed by atoms with Crippen LogP contribution in [0.5, 0.6) is 0 Å². The molecule has 2 aromatic heterocycles. The van der Waals surface area contributed by atoms with Crippen molar-refractivity contribution < 1.29 is 13.2 Å². The lowest BCUT2D eigenvalue weighted by Gasteiger charge is -2.30. The molecule has 166 valence electrons. The van der Waals surface area contributed by atoms with Gasteiger partial charge in [0.15, 0.2) is 0 Å². The topological polar surface area (TPSA) is 72.5 Å². The highest BCUT2D eigenvalue weighted by Crippen LogP contribution is 2.41. The number of nitrogens with zero attached hydrogens (tertiary/aromatic N) is 3. The third kappa shape index (κ3) is 4.13. The van der Waals surface area contributed by atoms with E-state index in [1.165, 1.54) is 23.4 Å². The number of rotatable bonds is 5. The summed E-state index contributed by atoms with van der Waals surface area (Å²) in [5.41, 5.74) is 9.74. The minimum absolute atomic E-state index is 0.0562. The van der Waals surface area contributed by atoms with Crippen LogP contribution >= 0.6 is 0 Å². The number of nitrogens with one attached hydrogen (secondary N) is 1. The first kappa shape index (κ1) is 21.6. The van der Waals surface area contributed by atoms with Gasteiger partial charge in [0.05, 0.1) is 17.0 Å². The van der Waals surface area contributed by atoms with Gasteiger partial charge in [-0.15, -0.1) is 0 Å². The molecular weight excluding hydrogens is 403 g/mol. The average molecular weight is 432 g/mol. The Bertz CT molecular complexity index is 1090. The van der Waals surface area contributed by atoms with Gasteiger partial charge in [-0.2, -0.15) is 23.4 Å². The number of nitrogens with two attached hydrogens (primary N) is 1. The smallest absolute Gasteiger partial charge is 0.330 e. The second kappa shape index (κ2) is 7.82. The summed E-state index contributed by atoms with van der Waals surface area (Å²) in [5, 5.41) is 11.9. The molecule has 2 heterocycles. The number of aryl methyl sites for hydroxylation is 1. The minimum Gasteiger partial charge on any atom is -0.330 e. The molecule has 0 spiro atoms. The first-order valence-corrected chi connectivity index (χ1v) is 10.7. The maximum Gasteiger partial charge on any atom is 0.417 e. The molecular formula is C23H28F3N5. The molecule has 3 N–H and O–H groups in total. The number of fused-ring (bicyclic) bond motifs is 1. The predicted octanol–water partition coefficient (Wildman–Crippen LogP) is 5.00. The molecule has 0 radical (unpaired) electrons. The maximum atomic E-state index is 13.7. The molecule has 0 unspecified atom stereocenters. The highest BCUT2D eigenvalue weighted by Gasteiger charge is 2.35. The molecule has 0 aliphatic heterocycles. The van der Waals surface area contributed by atoms with E-state index in [2.05, 4.69) is 31.0 Å². The van der Waals surface area contributed by atoms with Crippen LogP contribution in [0.25, 0.3) is 22.6 Å². The molecule has 0 saturated heterocycles. The van der Waals surface area contributed by atoms with Crippen molar-refractivity contribution in [1.29, 1.82) is 0 Å². The lowest BCUT2D eigenvalue weighted by molar-refractivity contribution is -0.137. The minimum atomic E-state index is -4.48. The van der Waals surface area contributed by atoms with Gasteiger partial charge in [0.25, 0.3) is 0 Å². The Kier molecular flexibility index (Phi) is 5.45. The number of H-pyrrole nitrogens is 1. The number of benzene rings is 1. The van der Waals surface area contributed by atoms with Crippen molar-refractivity contribution in [3.63, 3.8) is 0 Å². The normalized spacial score (nSPS) is 15.8. The number of hydrogen-bond donors (Lipinski definition) is 2. The number of aromatic nitrogens is 4. The van der Waals surface area contributed by atoms with Crippen LogP contribution in [0, 0.1) is 5.41 Å². The molecule has 1 aromatic carbocycles. The highest BCUT2D eigenvalue weighted by molar-refractivity contribution is 5.71. The number of hydrogen-bond acceptors (Lipinski definition) is 3. The van der Waals surface area contributed by atoms with Gasteiger partial charge in [-0.05, 0) is 62.3 Å². The van der Waals surface area contributed by atoms with Crippen molar-refractivity contribution in [2.75, 3.05) is 6.54 Å². The van der Waals surface area contributed by atoms with Crippen LogP contribution in [0.15, 0.2) is 24.3 Å². The van der Waals surface area contributed by atoms with Gasteiger partial charge in [-0.25, -0.2) is 0 Å². The Morgan fingerprint density at radius 1 is 1.23 bits per heavy atom. The average Bonchev–Trinajstić information content (AvgIpc) is 3.31. The fourth-order valence-corrected chi connectivity index (χ4v) is 4.43. The molecule has 0 saturated carbocycles. The van der Waals surface area contributed by atoms with E-state index in [0.717, 1.165) is 31.5 Å². The van der Waals surface area contributed by atoms with E-state index in [-0.39, 0.29) is 16.7 Å². The first-order valence-electron chi connectivity index (χ1n) is 10.7. The van der Waals surface area contributed by atoms with E-state index < -0.39 is 11.7 Å². The molecule has 1 aliphatic carbocycles. The lowest BCUT2D eigenvalue weighted by Crippen LogP contribution is -2.24. The molecule has 8 heteroatoms. The SMILES string of the molecule is CCn1nc(-c2cc(-c3ccc(CCN)cc3C(F)(F)F)n[nH]2)c2c1CC(C)(C)CC2. The summed E-state index contributed by atoms with van der Waals surface area (Å²) < 4.78 is 43.2. The molecule has 0 bridgehead atoms. The fraction of sp³-hybridized carbons (Fsp3) is 0.478. The van der Waals surface area contributed by atoms with Crippen molar-refractivity contribution in [2.45, 2.75) is 59.2 Å². The maximum absolute atomic E-state index is 13.7. The summed E-state index contributed by atoms with van der Waals surface area (Å²) in [6, 6.07) is 6.01. The summed E-state index contributed by atoms with van der Waals surface area (Å²) in [6.07, 6.45) is -1.21. The van der Waals surface area contributed by atoms with Gasteiger partial charge >= 0.3 is 6.18 Å². The Labute approximate surface area is 179 Å². The van der Waals surface area contributed by atoms with Crippen molar-refractivity contribution in [2.24, 2.45) is 11.1 Å². The Morgan fingerprint density at radius 3 is 2.68 bits per heavy atom. The summed E-state index contributed by atoms with van der Waals surface area (Å²) in [6.45, 7) is 7.61. The largest absolute Gasteiger partial charge is 0.417 e. The Morgan fingerprint density at radius 2 is 2.00 bits per heavy atom. The van der Waals surface area contributed by atoms with Crippen molar-refractivity contribution in [1.82, 2.24) is 20.0 Å². The molecule has 1 aliphatic rings. The summed E-state index contributed by atoms with van der Waals surface area (Å²) in [7, 11) is 0. The number of halogens is 3. The Balaban J connectivity index is 1.76. The van der Waals surface area contributed by atoms with Crippen LogP contribution in [-0.4, -0.2) is 26.5 Å². The van der Waals surface area contributed by atoms with Gasteiger partial charge in [-0.1, -0.05) is 26.0 Å². The third-order valence-corrected chi connectivity index (χ3v) is 6.10. The summed E-state index contributed by atoms with van der Waals surface area (Å²) in [4.78, 5) is 0. The van der Waals surface area contributed by atoms with Gasteiger partial charge in [0.2, 0.25) is 0 Å². The molecule has 3 aromatic rings. The molecule has 4 rings (SSSR count). The molecule has 0 amide bonds. The van der Waals surface area contributed by atoms with Crippen molar-refractivity contribution in [3.05, 3.63) is 46.6 Å². The monoisotopic (exact) mass is 431 g/mol. The molecule has 31 heavy (non-hydrogen) atoms. The number of aromatic amines is 1. The fourth-order valence-electron chi connectivity index (χ4n) is 4.43. The predicted molar refractivity (Wildman–Crippen MR) is 114 cm³/mol. The van der Waals surface area contributed by atoms with Crippen LogP contribution in [0.4, 0.5) is 13.2 Å². The van der Waals surface area contributed by atoms with Crippen molar-refractivity contribution >= 4 is 0 Å². The zero-order chi connectivity index (χ0) is 22.4. The third-order valence-electron chi connectivity index (χ3n) is 6.10. The molecule has 0 atom stereocenters. The van der Waals surface area contributed by atoms with Crippen LogP contribution < -0.4 is 5.73 Å². The van der Waals surface area contributed by atoms with Gasteiger partial charge < -0.3 is 5.73 Å². The zero-order valence-electron chi connectivity index (χ0n) is 18.1. The van der Waals surface area contributed by atoms with Gasteiger partial charge in [0, 0.05) is 23.4 Å². The Hall–Kier alpha value is -2.61. The lowest BCUT2D eigenvalue weighted by atomic mass is 9.76. The summed E-state index contributed by atoms with van der Waals surface area (Å²) in [5.74, 6) is 0. The van der Waals surface area contributed by atoms with Crippen LogP contribution in [0.3, 0.4) is 0 Å². The van der Waals surface area contributed by atoms with E-state index in [0.29, 0.717) is 24.2 Å². The highest BCUT2D eigenvalue weighted by atomic mass is 19.4. The van der Waals surface area contributed by atoms with E-state index in [1.807, 2.05) is 4.68 Å². The van der Waals surface area contributed by atoms with E-state index >= 15 is 0 Å². The molecule has 5 nitrogen and oxygen atoms in total. The second-order valence-corrected chi connectivity index (χ2v) is 9.01. The number of alkyl halides is 3. The van der Waals surface area contributed by atoms with Gasteiger partial charge in [-0.3, -0.25) is 9.78 Å². The molecule has 0 fully saturated rings. The zero-order valence-corrected chi connectivity index (χ0v) is 18.1. The van der Waals surface area contributed by atoms with E-state index in [1.54, 1.807) is 12.1 Å². The van der Waals surface area contributed by atoms with E-state index in [9.17, 15) is 13.2 Å². The quantitative estimate of drug-likeness (QED) is 0.597. The van der Waals surface area contributed by atoms with Crippen LogP contribution in [0.1, 0.15) is 49.6 Å². The van der Waals surface area contributed by atoms with Crippen LogP contribution in [0.2, 0.25) is 0 Å². The van der Waals surface area contributed by atoms with Crippen molar-refractivity contribution in [3.8, 4) is 22.6 Å². The first-order chi connectivity index (χ1) is 14.6. The summed E-state index contributed by atoms with van der Waals surface area (Å²) >= 11 is 0. The van der Waals surface area contributed by atoms with Crippen LogP contribution in [-0.2, 0) is 32.0 Å². The standard InChI is InChI=1S/C23H28F3N5/c1-4-31-20-13-22(2,3)9-7-16(20)21(30-31)19-12-18(28-29-19)15-6-5-14(8-10-27)11-17(15)23(24,25)26/h5-6,11-12H,4,7-10,13,27H2,1-3H3,(H,28,29). The van der Waals surface area contributed by atoms with Gasteiger partial charge in [0.1, 0.15) is 5.69 Å².